The molecule has 2 fully saturated rings. The van der Waals surface area contributed by atoms with E-state index in [1.165, 1.54) is 0 Å². The molecule has 1 aromatic carbocycles. The first kappa shape index (κ1) is 14.9. The topological polar surface area (TPSA) is 80.6 Å². The predicted molar refractivity (Wildman–Crippen MR) is 85.2 cm³/mol. The maximum atomic E-state index is 12.5. The van der Waals surface area contributed by atoms with Gasteiger partial charge in [-0.15, -0.1) is 5.10 Å². The van der Waals surface area contributed by atoms with Gasteiger partial charge in [0.25, 0.3) is 0 Å². The van der Waals surface area contributed by atoms with Crippen molar-refractivity contribution >= 4 is 23.0 Å². The summed E-state index contributed by atoms with van der Waals surface area (Å²) < 4.78 is 7.23. The fraction of sp³-hybridized carbons (Fsp3) is 0.500. The third-order valence-electron chi connectivity index (χ3n) is 4.77. The molecule has 3 heterocycles. The zero-order valence-corrected chi connectivity index (χ0v) is 13.5. The second-order valence-electron chi connectivity index (χ2n) is 6.52. The Kier molecular flexibility index (Phi) is 3.40. The molecular formula is C16H19N5O3. The van der Waals surface area contributed by atoms with Gasteiger partial charge >= 0.3 is 6.09 Å². The molecule has 1 aromatic heterocycles. The Hall–Kier alpha value is -2.64. The van der Waals surface area contributed by atoms with Crippen LogP contribution in [0.4, 0.5) is 4.79 Å². The fourth-order valence-electron chi connectivity index (χ4n) is 3.50. The first-order valence-electron chi connectivity index (χ1n) is 8.06. The maximum absolute atomic E-state index is 12.5. The van der Waals surface area contributed by atoms with E-state index in [9.17, 15) is 9.59 Å². The summed E-state index contributed by atoms with van der Waals surface area (Å²) in [5, 5.41) is 8.20. The molecule has 0 radical (unpaired) electrons. The molecule has 1 spiro atoms. The lowest BCUT2D eigenvalue weighted by molar-refractivity contribution is -0.131. The molecule has 0 aliphatic carbocycles. The van der Waals surface area contributed by atoms with Gasteiger partial charge in [0.15, 0.2) is 5.60 Å². The number of fused-ring (bicyclic) bond motifs is 1. The number of amides is 2. The largest absolute Gasteiger partial charge is 0.439 e. The summed E-state index contributed by atoms with van der Waals surface area (Å²) in [7, 11) is 1.72. The number of hydrogen-bond donors (Lipinski definition) is 0. The molecule has 4 rings (SSSR count). The van der Waals surface area contributed by atoms with Crippen molar-refractivity contribution in [2.75, 3.05) is 26.7 Å². The van der Waals surface area contributed by atoms with Crippen LogP contribution in [0.1, 0.15) is 12.8 Å². The average molecular weight is 329 g/mol. The van der Waals surface area contributed by atoms with Crippen LogP contribution in [0.15, 0.2) is 24.3 Å². The minimum atomic E-state index is -0.526. The highest BCUT2D eigenvalue weighted by Gasteiger charge is 2.49. The Morgan fingerprint density at radius 1 is 1.33 bits per heavy atom. The van der Waals surface area contributed by atoms with Crippen molar-refractivity contribution in [2.24, 2.45) is 0 Å². The third-order valence-corrected chi connectivity index (χ3v) is 4.77. The van der Waals surface area contributed by atoms with E-state index < -0.39 is 5.60 Å². The van der Waals surface area contributed by atoms with Gasteiger partial charge in [-0.25, -0.2) is 9.48 Å². The highest BCUT2D eigenvalue weighted by molar-refractivity contribution is 5.78. The minimum Gasteiger partial charge on any atom is -0.439 e. The number of nitrogens with zero attached hydrogens (tertiary/aromatic N) is 5. The number of carbonyl (C=O) groups excluding carboxylic acids is 2. The number of para-hydroxylation sites is 1. The van der Waals surface area contributed by atoms with E-state index in [-0.39, 0.29) is 12.0 Å². The van der Waals surface area contributed by atoms with Crippen molar-refractivity contribution in [2.45, 2.75) is 25.0 Å². The second kappa shape index (κ2) is 5.47. The molecule has 0 N–H and O–H groups in total. The van der Waals surface area contributed by atoms with Gasteiger partial charge in [-0.2, -0.15) is 0 Å². The third kappa shape index (κ3) is 2.47. The van der Waals surface area contributed by atoms with Crippen LogP contribution >= 0.6 is 0 Å². The van der Waals surface area contributed by atoms with Gasteiger partial charge < -0.3 is 14.5 Å². The lowest BCUT2D eigenvalue weighted by Crippen LogP contribution is -2.39. The van der Waals surface area contributed by atoms with E-state index in [4.69, 9.17) is 4.74 Å². The standard InChI is InChI=1S/C16H19N5O3/c1-19-10-16(24-15(19)23)7-9-20(11-16)14(22)6-8-21-13-5-3-2-4-12(13)17-18-21/h2-5H,6-11H2,1H3/t16-/m0/s1. The molecule has 2 aromatic rings. The van der Waals surface area contributed by atoms with Crippen LogP contribution in [0.5, 0.6) is 0 Å². The number of rotatable bonds is 3. The molecule has 126 valence electrons. The smallest absolute Gasteiger partial charge is 0.410 e. The molecule has 8 nitrogen and oxygen atoms in total. The van der Waals surface area contributed by atoms with Crippen LogP contribution in [0.3, 0.4) is 0 Å². The first-order valence-corrected chi connectivity index (χ1v) is 8.06. The van der Waals surface area contributed by atoms with Gasteiger partial charge in [-0.05, 0) is 12.1 Å². The van der Waals surface area contributed by atoms with Crippen molar-refractivity contribution in [3.8, 4) is 0 Å². The summed E-state index contributed by atoms with van der Waals surface area (Å²) in [4.78, 5) is 27.4. The zero-order valence-electron chi connectivity index (χ0n) is 13.5. The quantitative estimate of drug-likeness (QED) is 0.835. The molecule has 8 heteroatoms. The van der Waals surface area contributed by atoms with E-state index >= 15 is 0 Å². The van der Waals surface area contributed by atoms with Crippen LogP contribution in [0.25, 0.3) is 11.0 Å². The van der Waals surface area contributed by atoms with Crippen LogP contribution in [0.2, 0.25) is 0 Å². The minimum absolute atomic E-state index is 0.0528. The fourth-order valence-corrected chi connectivity index (χ4v) is 3.50. The maximum Gasteiger partial charge on any atom is 0.410 e. The van der Waals surface area contributed by atoms with E-state index in [1.54, 1.807) is 21.5 Å². The van der Waals surface area contributed by atoms with E-state index in [2.05, 4.69) is 10.3 Å². The van der Waals surface area contributed by atoms with Gasteiger partial charge in [0, 0.05) is 26.4 Å². The molecule has 24 heavy (non-hydrogen) atoms. The monoisotopic (exact) mass is 329 g/mol. The molecule has 2 amide bonds. The number of ether oxygens (including phenoxy) is 1. The summed E-state index contributed by atoms with van der Waals surface area (Å²) in [5.74, 6) is 0.0528. The molecular weight excluding hydrogens is 310 g/mol. The Bertz CT molecular complexity index is 804. The van der Waals surface area contributed by atoms with Crippen molar-refractivity contribution < 1.29 is 14.3 Å². The van der Waals surface area contributed by atoms with Crippen LogP contribution < -0.4 is 0 Å². The average Bonchev–Trinajstić information content (AvgIpc) is 3.24. The summed E-state index contributed by atoms with van der Waals surface area (Å²) >= 11 is 0. The lowest BCUT2D eigenvalue weighted by Gasteiger charge is -2.21. The Morgan fingerprint density at radius 2 is 2.17 bits per heavy atom. The van der Waals surface area contributed by atoms with Gasteiger partial charge in [-0.1, -0.05) is 17.3 Å². The Balaban J connectivity index is 1.38. The first-order chi connectivity index (χ1) is 11.6. The highest BCUT2D eigenvalue weighted by atomic mass is 16.6. The summed E-state index contributed by atoms with van der Waals surface area (Å²) in [6.07, 6.45) is 0.743. The van der Waals surface area contributed by atoms with Crippen LogP contribution in [-0.2, 0) is 16.1 Å². The van der Waals surface area contributed by atoms with Crippen molar-refractivity contribution in [1.82, 2.24) is 24.8 Å². The number of aromatic nitrogens is 3. The normalized spacial score (nSPS) is 23.5. The van der Waals surface area contributed by atoms with Gasteiger partial charge in [-0.3, -0.25) is 4.79 Å². The molecule has 1 atom stereocenters. The SMILES string of the molecule is CN1C[C@]2(CCN(C(=O)CCn3nnc4ccccc43)C2)OC1=O. The van der Waals surface area contributed by atoms with E-state index in [1.807, 2.05) is 24.3 Å². The van der Waals surface area contributed by atoms with E-state index in [0.29, 0.717) is 39.0 Å². The molecule has 2 saturated heterocycles. The number of likely N-dealkylation sites (N-methyl/N-ethyl adjacent to an activating group) is 1. The van der Waals surface area contributed by atoms with Gasteiger partial charge in [0.2, 0.25) is 5.91 Å². The van der Waals surface area contributed by atoms with Crippen molar-refractivity contribution in [3.63, 3.8) is 0 Å². The number of aryl methyl sites for hydroxylation is 1. The zero-order chi connectivity index (χ0) is 16.7. The number of hydrogen-bond acceptors (Lipinski definition) is 5. The molecule has 2 aliphatic rings. The van der Waals surface area contributed by atoms with Crippen LogP contribution in [0, 0.1) is 0 Å². The summed E-state index contributed by atoms with van der Waals surface area (Å²) in [5.41, 5.74) is 1.22. The summed E-state index contributed by atoms with van der Waals surface area (Å²) in [6.45, 7) is 2.13. The van der Waals surface area contributed by atoms with E-state index in [0.717, 1.165) is 11.0 Å². The number of likely N-dealkylation sites (tertiary alicyclic amines) is 1. The predicted octanol–water partition coefficient (Wildman–Crippen LogP) is 0.875. The van der Waals surface area contributed by atoms with Gasteiger partial charge in [0.05, 0.1) is 25.2 Å². The Labute approximate surface area is 139 Å². The summed E-state index contributed by atoms with van der Waals surface area (Å²) in [6, 6.07) is 7.68. The molecule has 0 unspecified atom stereocenters. The van der Waals surface area contributed by atoms with Crippen molar-refractivity contribution in [1.29, 1.82) is 0 Å². The van der Waals surface area contributed by atoms with Crippen molar-refractivity contribution in [3.05, 3.63) is 24.3 Å². The number of benzene rings is 1. The Morgan fingerprint density at radius 3 is 2.96 bits per heavy atom. The molecule has 2 aliphatic heterocycles. The number of carbonyl (C=O) groups is 2. The van der Waals surface area contributed by atoms with Crippen LogP contribution in [-0.4, -0.2) is 69.1 Å². The molecule has 0 bridgehead atoms. The second-order valence-corrected chi connectivity index (χ2v) is 6.52. The highest BCUT2D eigenvalue weighted by Crippen LogP contribution is 2.32. The van der Waals surface area contributed by atoms with Gasteiger partial charge in [0.1, 0.15) is 5.52 Å². The lowest BCUT2D eigenvalue weighted by atomic mass is 10.0. The molecule has 0 saturated carbocycles.